The minimum Gasteiger partial charge on any atom is -0.352 e. The van der Waals surface area contributed by atoms with Gasteiger partial charge in [0.25, 0.3) is 0 Å². The van der Waals surface area contributed by atoms with Crippen molar-refractivity contribution < 1.29 is 9.59 Å². The van der Waals surface area contributed by atoms with Gasteiger partial charge in [0.05, 0.1) is 0 Å². The van der Waals surface area contributed by atoms with Crippen molar-refractivity contribution in [3.05, 3.63) is 29.8 Å². The molecule has 0 aliphatic carbocycles. The summed E-state index contributed by atoms with van der Waals surface area (Å²) in [7, 11) is 0. The highest BCUT2D eigenvalue weighted by atomic mass is 16.2. The van der Waals surface area contributed by atoms with Gasteiger partial charge in [-0.2, -0.15) is 0 Å². The van der Waals surface area contributed by atoms with E-state index in [2.05, 4.69) is 10.6 Å². The minimum absolute atomic E-state index is 0.00725. The molecule has 0 aliphatic heterocycles. The third-order valence-electron chi connectivity index (χ3n) is 2.69. The van der Waals surface area contributed by atoms with Crippen LogP contribution in [-0.4, -0.2) is 11.8 Å². The van der Waals surface area contributed by atoms with Crippen LogP contribution >= 0.6 is 0 Å². The largest absolute Gasteiger partial charge is 0.352 e. The Morgan fingerprint density at radius 3 is 2.63 bits per heavy atom. The van der Waals surface area contributed by atoms with E-state index in [1.807, 2.05) is 45.0 Å². The molecular formula is C15H22N2O2. The van der Waals surface area contributed by atoms with E-state index in [0.29, 0.717) is 13.0 Å². The molecule has 1 rings (SSSR count). The molecule has 0 saturated carbocycles. The van der Waals surface area contributed by atoms with Crippen LogP contribution in [0.5, 0.6) is 0 Å². The van der Waals surface area contributed by atoms with Crippen LogP contribution in [-0.2, 0) is 16.1 Å². The van der Waals surface area contributed by atoms with E-state index >= 15 is 0 Å². The van der Waals surface area contributed by atoms with Crippen molar-refractivity contribution >= 4 is 17.5 Å². The molecule has 0 fully saturated rings. The first kappa shape index (κ1) is 15.2. The summed E-state index contributed by atoms with van der Waals surface area (Å²) >= 11 is 0. The summed E-state index contributed by atoms with van der Waals surface area (Å²) in [5.74, 6) is -0.000740. The lowest BCUT2D eigenvalue weighted by molar-refractivity contribution is -0.121. The Labute approximate surface area is 114 Å². The molecule has 2 amide bonds. The monoisotopic (exact) mass is 262 g/mol. The van der Waals surface area contributed by atoms with Crippen LogP contribution in [0.25, 0.3) is 0 Å². The maximum atomic E-state index is 11.6. The van der Waals surface area contributed by atoms with Crippen molar-refractivity contribution in [2.75, 3.05) is 5.32 Å². The Kier molecular flexibility index (Phi) is 6.06. The smallest absolute Gasteiger partial charge is 0.226 e. The molecule has 0 unspecified atom stereocenters. The van der Waals surface area contributed by atoms with Gasteiger partial charge in [-0.3, -0.25) is 9.59 Å². The van der Waals surface area contributed by atoms with Crippen LogP contribution in [0.15, 0.2) is 24.3 Å². The van der Waals surface area contributed by atoms with Crippen molar-refractivity contribution in [1.29, 1.82) is 0 Å². The van der Waals surface area contributed by atoms with Gasteiger partial charge >= 0.3 is 0 Å². The minimum atomic E-state index is -0.0482. The maximum absolute atomic E-state index is 11.6. The molecule has 0 spiro atoms. The molecule has 1 aromatic carbocycles. The molecule has 1 aromatic rings. The van der Waals surface area contributed by atoms with Crippen molar-refractivity contribution in [3.8, 4) is 0 Å². The number of carbonyl (C=O) groups is 2. The first-order chi connectivity index (χ1) is 9.02. The average Bonchev–Trinajstić information content (AvgIpc) is 2.37. The standard InChI is InChI=1S/C15H22N2O2/c1-4-6-14(18)16-10-12-7-5-8-13(9-12)17-15(19)11(2)3/h5,7-9,11H,4,6,10H2,1-3H3,(H,16,18)(H,17,19). The molecular weight excluding hydrogens is 240 g/mol. The van der Waals surface area contributed by atoms with Crippen LogP contribution in [0, 0.1) is 5.92 Å². The van der Waals surface area contributed by atoms with Crippen molar-refractivity contribution in [3.63, 3.8) is 0 Å². The second-order valence-electron chi connectivity index (χ2n) is 4.87. The number of anilines is 1. The summed E-state index contributed by atoms with van der Waals surface area (Å²) in [5.41, 5.74) is 1.74. The first-order valence-corrected chi connectivity index (χ1v) is 6.69. The second-order valence-corrected chi connectivity index (χ2v) is 4.87. The molecule has 0 radical (unpaired) electrons. The molecule has 0 aromatic heterocycles. The van der Waals surface area contributed by atoms with Gasteiger partial charge < -0.3 is 10.6 Å². The molecule has 19 heavy (non-hydrogen) atoms. The fraction of sp³-hybridized carbons (Fsp3) is 0.467. The topological polar surface area (TPSA) is 58.2 Å². The highest BCUT2D eigenvalue weighted by Crippen LogP contribution is 2.12. The Balaban J connectivity index is 2.57. The van der Waals surface area contributed by atoms with E-state index in [9.17, 15) is 9.59 Å². The van der Waals surface area contributed by atoms with Crippen LogP contribution in [0.3, 0.4) is 0 Å². The number of rotatable bonds is 6. The van der Waals surface area contributed by atoms with Gasteiger partial charge in [-0.05, 0) is 24.1 Å². The molecule has 0 saturated heterocycles. The Morgan fingerprint density at radius 1 is 1.26 bits per heavy atom. The van der Waals surface area contributed by atoms with Gasteiger partial charge in [0.2, 0.25) is 11.8 Å². The Bertz CT molecular complexity index is 442. The van der Waals surface area contributed by atoms with Crippen molar-refractivity contribution in [2.45, 2.75) is 40.2 Å². The number of hydrogen-bond acceptors (Lipinski definition) is 2. The molecule has 0 aliphatic rings. The third-order valence-corrected chi connectivity index (χ3v) is 2.69. The molecule has 104 valence electrons. The van der Waals surface area contributed by atoms with Crippen LogP contribution in [0.4, 0.5) is 5.69 Å². The number of nitrogens with one attached hydrogen (secondary N) is 2. The molecule has 2 N–H and O–H groups in total. The fourth-order valence-electron chi connectivity index (χ4n) is 1.56. The summed E-state index contributed by atoms with van der Waals surface area (Å²) in [4.78, 5) is 23.0. The molecule has 0 atom stereocenters. The van der Waals surface area contributed by atoms with Gasteiger partial charge in [-0.1, -0.05) is 32.9 Å². The van der Waals surface area contributed by atoms with Crippen molar-refractivity contribution in [2.24, 2.45) is 5.92 Å². The zero-order chi connectivity index (χ0) is 14.3. The van der Waals surface area contributed by atoms with Gasteiger partial charge in [0, 0.05) is 24.6 Å². The summed E-state index contributed by atoms with van der Waals surface area (Å²) in [5, 5.41) is 5.69. The zero-order valence-corrected chi connectivity index (χ0v) is 11.8. The Hall–Kier alpha value is -1.84. The van der Waals surface area contributed by atoms with E-state index in [0.717, 1.165) is 17.7 Å². The highest BCUT2D eigenvalue weighted by molar-refractivity contribution is 5.92. The zero-order valence-electron chi connectivity index (χ0n) is 11.8. The van der Waals surface area contributed by atoms with Crippen LogP contribution in [0.2, 0.25) is 0 Å². The van der Waals surface area contributed by atoms with Gasteiger partial charge in [-0.25, -0.2) is 0 Å². The van der Waals surface area contributed by atoms with E-state index < -0.39 is 0 Å². The predicted molar refractivity (Wildman–Crippen MR) is 76.7 cm³/mol. The normalized spacial score (nSPS) is 10.3. The lowest BCUT2D eigenvalue weighted by atomic mass is 10.1. The summed E-state index contributed by atoms with van der Waals surface area (Å²) in [6.45, 7) is 6.17. The van der Waals surface area contributed by atoms with Crippen LogP contribution in [0.1, 0.15) is 39.2 Å². The number of amides is 2. The average molecular weight is 262 g/mol. The highest BCUT2D eigenvalue weighted by Gasteiger charge is 2.07. The number of hydrogen-bond donors (Lipinski definition) is 2. The van der Waals surface area contributed by atoms with Crippen molar-refractivity contribution in [1.82, 2.24) is 5.32 Å². The summed E-state index contributed by atoms with van der Waals surface area (Å²) in [6, 6.07) is 7.53. The Morgan fingerprint density at radius 2 is 2.00 bits per heavy atom. The molecule has 0 heterocycles. The molecule has 4 nitrogen and oxygen atoms in total. The lowest BCUT2D eigenvalue weighted by Gasteiger charge is -2.10. The third kappa shape index (κ3) is 5.55. The quantitative estimate of drug-likeness (QED) is 0.828. The molecule has 0 bridgehead atoms. The van der Waals surface area contributed by atoms with E-state index in [1.165, 1.54) is 0 Å². The second kappa shape index (κ2) is 7.56. The van der Waals surface area contributed by atoms with E-state index in [4.69, 9.17) is 0 Å². The SMILES string of the molecule is CCCC(=O)NCc1cccc(NC(=O)C(C)C)c1. The van der Waals surface area contributed by atoms with Gasteiger partial charge in [0.15, 0.2) is 0 Å². The van der Waals surface area contributed by atoms with E-state index in [1.54, 1.807) is 0 Å². The molecule has 4 heteroatoms. The predicted octanol–water partition coefficient (Wildman–Crippen LogP) is 2.70. The van der Waals surface area contributed by atoms with Gasteiger partial charge in [-0.15, -0.1) is 0 Å². The van der Waals surface area contributed by atoms with E-state index in [-0.39, 0.29) is 17.7 Å². The fourth-order valence-corrected chi connectivity index (χ4v) is 1.56. The summed E-state index contributed by atoms with van der Waals surface area (Å²) < 4.78 is 0. The summed E-state index contributed by atoms with van der Waals surface area (Å²) in [6.07, 6.45) is 1.39. The van der Waals surface area contributed by atoms with Gasteiger partial charge in [0.1, 0.15) is 0 Å². The number of benzene rings is 1. The van der Waals surface area contributed by atoms with Crippen LogP contribution < -0.4 is 10.6 Å². The first-order valence-electron chi connectivity index (χ1n) is 6.69. The maximum Gasteiger partial charge on any atom is 0.226 e. The lowest BCUT2D eigenvalue weighted by Crippen LogP contribution is -2.22. The number of carbonyl (C=O) groups excluding carboxylic acids is 2.